The highest BCUT2D eigenvalue weighted by Gasteiger charge is 1.99. The van der Waals surface area contributed by atoms with Gasteiger partial charge in [0.15, 0.2) is 0 Å². The number of unbranched alkanes of at least 4 members (excludes halogenated alkanes) is 4. The quantitative estimate of drug-likeness (QED) is 0.392. The third kappa shape index (κ3) is 6.17. The normalized spacial score (nSPS) is 10.3. The number of hydrogen-bond acceptors (Lipinski definition) is 2. The lowest BCUT2D eigenvalue weighted by Crippen LogP contribution is -2.24. The third-order valence-corrected chi connectivity index (χ3v) is 3.34. The van der Waals surface area contributed by atoms with Gasteiger partial charge in [0.05, 0.1) is 0 Å². The van der Waals surface area contributed by atoms with Crippen molar-refractivity contribution in [3.8, 4) is 0 Å². The van der Waals surface area contributed by atoms with E-state index in [1.807, 2.05) is 24.3 Å². The van der Waals surface area contributed by atoms with E-state index in [4.69, 9.17) is 11.1 Å². The van der Waals surface area contributed by atoms with E-state index < -0.39 is 0 Å². The zero-order valence-electron chi connectivity index (χ0n) is 10.7. The van der Waals surface area contributed by atoms with Gasteiger partial charge in [-0.15, -0.1) is 0 Å². The van der Waals surface area contributed by atoms with Crippen LogP contribution in [0.5, 0.6) is 0 Å². The lowest BCUT2D eigenvalue weighted by atomic mass is 10.1. The Kier molecular flexibility index (Phi) is 7.69. The van der Waals surface area contributed by atoms with E-state index in [1.54, 1.807) is 0 Å². The molecule has 0 radical (unpaired) electrons. The van der Waals surface area contributed by atoms with Crippen LogP contribution in [0.3, 0.4) is 0 Å². The lowest BCUT2D eigenvalue weighted by Gasteiger charge is -2.08. The van der Waals surface area contributed by atoms with Gasteiger partial charge in [0.25, 0.3) is 0 Å². The van der Waals surface area contributed by atoms with Crippen LogP contribution in [0.2, 0.25) is 0 Å². The number of amidine groups is 1. The highest BCUT2D eigenvalue weighted by Crippen LogP contribution is 2.10. The van der Waals surface area contributed by atoms with Gasteiger partial charge in [0, 0.05) is 16.6 Å². The largest absolute Gasteiger partial charge is 0.370 e. The summed E-state index contributed by atoms with van der Waals surface area (Å²) < 4.78 is 1.04. The molecular weight excluding hydrogens is 290 g/mol. The predicted octanol–water partition coefficient (Wildman–Crippen LogP) is 3.27. The molecule has 1 rings (SSSR count). The summed E-state index contributed by atoms with van der Waals surface area (Å²) in [5.41, 5.74) is 6.37. The fraction of sp³-hybridized carbons (Fsp3) is 0.500. The van der Waals surface area contributed by atoms with E-state index in [0.717, 1.165) is 36.0 Å². The minimum absolute atomic E-state index is 0.504. The average molecular weight is 312 g/mol. The summed E-state index contributed by atoms with van der Waals surface area (Å²) >= 11 is 3.39. The molecule has 3 nitrogen and oxygen atoms in total. The van der Waals surface area contributed by atoms with Crippen molar-refractivity contribution in [2.75, 3.05) is 13.1 Å². The molecule has 18 heavy (non-hydrogen) atoms. The minimum atomic E-state index is 0.504. The van der Waals surface area contributed by atoms with Crippen molar-refractivity contribution in [1.29, 1.82) is 5.41 Å². The molecule has 1 aromatic carbocycles. The topological polar surface area (TPSA) is 61.9 Å². The first-order valence-electron chi connectivity index (χ1n) is 6.52. The first-order valence-corrected chi connectivity index (χ1v) is 7.32. The van der Waals surface area contributed by atoms with Crippen LogP contribution in [-0.4, -0.2) is 18.9 Å². The summed E-state index contributed by atoms with van der Waals surface area (Å²) in [6.07, 6.45) is 5.91. The van der Waals surface area contributed by atoms with Crippen LogP contribution in [0, 0.1) is 5.41 Å². The maximum Gasteiger partial charge on any atom is 0.125 e. The number of rotatable bonds is 8. The fourth-order valence-electron chi connectivity index (χ4n) is 1.73. The number of hydrogen-bond donors (Lipinski definition) is 3. The van der Waals surface area contributed by atoms with Gasteiger partial charge in [0.2, 0.25) is 0 Å². The van der Waals surface area contributed by atoms with Gasteiger partial charge in [-0.1, -0.05) is 47.3 Å². The first kappa shape index (κ1) is 15.2. The molecule has 0 amide bonds. The Hall–Kier alpha value is -0.870. The minimum Gasteiger partial charge on any atom is -0.370 e. The Labute approximate surface area is 118 Å². The molecule has 0 spiro atoms. The molecular formula is C14H22BrN3. The Bertz CT molecular complexity index is 349. The Balaban J connectivity index is 2.12. The van der Waals surface area contributed by atoms with E-state index in [9.17, 15) is 0 Å². The van der Waals surface area contributed by atoms with Crippen LogP contribution >= 0.6 is 15.9 Å². The molecule has 0 aliphatic rings. The highest BCUT2D eigenvalue weighted by atomic mass is 79.9. The summed E-state index contributed by atoms with van der Waals surface area (Å²) in [5.74, 6) is 0.504. The third-order valence-electron chi connectivity index (χ3n) is 2.82. The van der Waals surface area contributed by atoms with Gasteiger partial charge < -0.3 is 11.1 Å². The molecule has 0 aliphatic heterocycles. The summed E-state index contributed by atoms with van der Waals surface area (Å²) in [7, 11) is 0. The smallest absolute Gasteiger partial charge is 0.125 e. The Morgan fingerprint density at radius 3 is 2.33 bits per heavy atom. The SMILES string of the molecule is N=C(NCCCCCCCN)c1ccc(Br)cc1. The van der Waals surface area contributed by atoms with E-state index in [0.29, 0.717) is 5.84 Å². The van der Waals surface area contributed by atoms with Gasteiger partial charge in [-0.25, -0.2) is 0 Å². The molecule has 0 bridgehead atoms. The predicted molar refractivity (Wildman–Crippen MR) is 81.1 cm³/mol. The maximum atomic E-state index is 7.90. The van der Waals surface area contributed by atoms with Crippen LogP contribution in [0.4, 0.5) is 0 Å². The van der Waals surface area contributed by atoms with E-state index in [1.165, 1.54) is 19.3 Å². The van der Waals surface area contributed by atoms with Gasteiger partial charge in [-0.05, 0) is 31.5 Å². The molecule has 4 N–H and O–H groups in total. The fourth-order valence-corrected chi connectivity index (χ4v) is 2.00. The average Bonchev–Trinajstić information content (AvgIpc) is 2.38. The molecule has 4 heteroatoms. The molecule has 0 saturated carbocycles. The molecule has 1 aromatic rings. The molecule has 0 aromatic heterocycles. The van der Waals surface area contributed by atoms with Crippen molar-refractivity contribution in [1.82, 2.24) is 5.32 Å². The molecule has 0 fully saturated rings. The van der Waals surface area contributed by atoms with Crippen LogP contribution in [0.15, 0.2) is 28.7 Å². The molecule has 0 unspecified atom stereocenters. The van der Waals surface area contributed by atoms with Crippen LogP contribution in [0.1, 0.15) is 37.7 Å². The molecule has 0 atom stereocenters. The van der Waals surface area contributed by atoms with Crippen molar-refractivity contribution < 1.29 is 0 Å². The van der Waals surface area contributed by atoms with Crippen LogP contribution in [-0.2, 0) is 0 Å². The molecule has 100 valence electrons. The number of halogens is 1. The van der Waals surface area contributed by atoms with Gasteiger partial charge >= 0.3 is 0 Å². The standard InChI is InChI=1S/C14H22BrN3/c15-13-8-6-12(7-9-13)14(17)18-11-5-3-1-2-4-10-16/h6-9H,1-5,10-11,16H2,(H2,17,18). The zero-order chi connectivity index (χ0) is 13.2. The second kappa shape index (κ2) is 9.11. The van der Waals surface area contributed by atoms with Crippen molar-refractivity contribution in [2.24, 2.45) is 5.73 Å². The van der Waals surface area contributed by atoms with Crippen molar-refractivity contribution in [2.45, 2.75) is 32.1 Å². The van der Waals surface area contributed by atoms with E-state index in [2.05, 4.69) is 21.2 Å². The Morgan fingerprint density at radius 1 is 1.06 bits per heavy atom. The second-order valence-corrected chi connectivity index (χ2v) is 5.28. The van der Waals surface area contributed by atoms with E-state index in [-0.39, 0.29) is 0 Å². The van der Waals surface area contributed by atoms with E-state index >= 15 is 0 Å². The second-order valence-electron chi connectivity index (χ2n) is 4.37. The summed E-state index contributed by atoms with van der Waals surface area (Å²) in [4.78, 5) is 0. The van der Waals surface area contributed by atoms with Crippen LogP contribution in [0.25, 0.3) is 0 Å². The number of nitrogens with two attached hydrogens (primary N) is 1. The van der Waals surface area contributed by atoms with Gasteiger partial charge in [-0.3, -0.25) is 5.41 Å². The number of benzene rings is 1. The van der Waals surface area contributed by atoms with Crippen molar-refractivity contribution in [3.63, 3.8) is 0 Å². The summed E-state index contributed by atoms with van der Waals surface area (Å²) in [6, 6.07) is 7.80. The highest BCUT2D eigenvalue weighted by molar-refractivity contribution is 9.10. The van der Waals surface area contributed by atoms with Crippen LogP contribution < -0.4 is 11.1 Å². The maximum absolute atomic E-state index is 7.90. The van der Waals surface area contributed by atoms with Gasteiger partial charge in [0.1, 0.15) is 5.84 Å². The zero-order valence-corrected chi connectivity index (χ0v) is 12.3. The summed E-state index contributed by atoms with van der Waals surface area (Å²) in [6.45, 7) is 1.67. The monoisotopic (exact) mass is 311 g/mol. The molecule has 0 heterocycles. The first-order chi connectivity index (χ1) is 8.74. The summed E-state index contributed by atoms with van der Waals surface area (Å²) in [5, 5.41) is 11.1. The molecule has 0 saturated heterocycles. The van der Waals surface area contributed by atoms with Crippen molar-refractivity contribution in [3.05, 3.63) is 34.3 Å². The Morgan fingerprint density at radius 2 is 1.67 bits per heavy atom. The van der Waals surface area contributed by atoms with Crippen molar-refractivity contribution >= 4 is 21.8 Å². The molecule has 0 aliphatic carbocycles. The lowest BCUT2D eigenvalue weighted by molar-refractivity contribution is 0.612. The van der Waals surface area contributed by atoms with Gasteiger partial charge in [-0.2, -0.15) is 0 Å². The number of nitrogens with one attached hydrogen (secondary N) is 2.